The van der Waals surface area contributed by atoms with E-state index in [4.69, 9.17) is 14.9 Å². The third-order valence-electron chi connectivity index (χ3n) is 2.96. The summed E-state index contributed by atoms with van der Waals surface area (Å²) in [6.07, 6.45) is 2.50. The van der Waals surface area contributed by atoms with Crippen LogP contribution in [0.2, 0.25) is 0 Å². The molecule has 1 aromatic heterocycles. The molecule has 6 heteroatoms. The molecule has 0 fully saturated rings. The standard InChI is InChI=1S/C16H22N4O2/c1-2-21-10-6-9-18-16(17)19-11-14-12-22-15(20-14)13-7-4-3-5-8-13/h3-5,7-8,12H,2,6,9-11H2,1H3,(H3,17,18,19). The summed E-state index contributed by atoms with van der Waals surface area (Å²) >= 11 is 0. The number of nitrogens with two attached hydrogens (primary N) is 1. The first kappa shape index (κ1) is 16.0. The molecule has 0 saturated heterocycles. The van der Waals surface area contributed by atoms with Crippen molar-refractivity contribution < 1.29 is 9.15 Å². The van der Waals surface area contributed by atoms with Gasteiger partial charge in [0.05, 0.1) is 6.54 Å². The van der Waals surface area contributed by atoms with E-state index in [1.165, 1.54) is 0 Å². The van der Waals surface area contributed by atoms with E-state index in [1.54, 1.807) is 6.26 Å². The number of hydrogen-bond acceptors (Lipinski definition) is 4. The number of aliphatic imine (C=N–C) groups is 1. The van der Waals surface area contributed by atoms with Gasteiger partial charge in [-0.05, 0) is 25.5 Å². The summed E-state index contributed by atoms with van der Waals surface area (Å²) in [5.74, 6) is 0.995. The largest absolute Gasteiger partial charge is 0.444 e. The van der Waals surface area contributed by atoms with Gasteiger partial charge >= 0.3 is 0 Å². The lowest BCUT2D eigenvalue weighted by Gasteiger charge is -2.04. The van der Waals surface area contributed by atoms with Crippen LogP contribution in [0.1, 0.15) is 19.0 Å². The number of benzene rings is 1. The Morgan fingerprint density at radius 3 is 2.95 bits per heavy atom. The maximum atomic E-state index is 5.79. The third-order valence-corrected chi connectivity index (χ3v) is 2.96. The molecule has 118 valence electrons. The maximum Gasteiger partial charge on any atom is 0.226 e. The molecular weight excluding hydrogens is 280 g/mol. The molecule has 0 aliphatic rings. The van der Waals surface area contributed by atoms with Crippen LogP contribution in [0.25, 0.3) is 11.5 Å². The van der Waals surface area contributed by atoms with Gasteiger partial charge in [0.15, 0.2) is 5.96 Å². The van der Waals surface area contributed by atoms with E-state index >= 15 is 0 Å². The zero-order valence-electron chi connectivity index (χ0n) is 12.8. The molecule has 2 rings (SSSR count). The fraction of sp³-hybridized carbons (Fsp3) is 0.375. The van der Waals surface area contributed by atoms with Crippen molar-refractivity contribution in [3.05, 3.63) is 42.3 Å². The number of oxazole rings is 1. The van der Waals surface area contributed by atoms with Gasteiger partial charge in [-0.3, -0.25) is 0 Å². The number of rotatable bonds is 8. The summed E-state index contributed by atoms with van der Waals surface area (Å²) in [6, 6.07) is 9.75. The molecule has 3 N–H and O–H groups in total. The molecule has 0 spiro atoms. The molecule has 2 aromatic rings. The van der Waals surface area contributed by atoms with Gasteiger partial charge in [-0.1, -0.05) is 18.2 Å². The quantitative estimate of drug-likeness (QED) is 0.443. The monoisotopic (exact) mass is 302 g/mol. The molecule has 0 saturated carbocycles. The van der Waals surface area contributed by atoms with Crippen LogP contribution in [-0.2, 0) is 11.3 Å². The minimum absolute atomic E-state index is 0.390. The van der Waals surface area contributed by atoms with Crippen molar-refractivity contribution in [3.8, 4) is 11.5 Å². The van der Waals surface area contributed by atoms with Crippen LogP contribution in [0.4, 0.5) is 0 Å². The first-order valence-electron chi connectivity index (χ1n) is 7.41. The van der Waals surface area contributed by atoms with Crippen molar-refractivity contribution in [2.75, 3.05) is 19.8 Å². The van der Waals surface area contributed by atoms with E-state index in [0.29, 0.717) is 18.4 Å². The predicted molar refractivity (Wildman–Crippen MR) is 86.4 cm³/mol. The van der Waals surface area contributed by atoms with Crippen molar-refractivity contribution in [1.29, 1.82) is 0 Å². The van der Waals surface area contributed by atoms with Crippen LogP contribution < -0.4 is 11.1 Å². The molecule has 0 aliphatic heterocycles. The molecule has 0 bridgehead atoms. The highest BCUT2D eigenvalue weighted by molar-refractivity contribution is 5.77. The second-order valence-corrected chi connectivity index (χ2v) is 4.69. The molecule has 0 unspecified atom stereocenters. The van der Waals surface area contributed by atoms with E-state index in [2.05, 4.69) is 15.3 Å². The minimum Gasteiger partial charge on any atom is -0.444 e. The Bertz CT molecular complexity index is 581. The summed E-state index contributed by atoms with van der Waals surface area (Å²) in [5.41, 5.74) is 7.49. The van der Waals surface area contributed by atoms with E-state index in [9.17, 15) is 0 Å². The van der Waals surface area contributed by atoms with Gasteiger partial charge < -0.3 is 20.2 Å². The molecule has 0 aliphatic carbocycles. The molecule has 1 heterocycles. The van der Waals surface area contributed by atoms with Gasteiger partial charge in [0.2, 0.25) is 5.89 Å². The maximum absolute atomic E-state index is 5.79. The third kappa shape index (κ3) is 5.21. The van der Waals surface area contributed by atoms with Gasteiger partial charge in [-0.25, -0.2) is 9.98 Å². The molecule has 6 nitrogen and oxygen atoms in total. The fourth-order valence-electron chi connectivity index (χ4n) is 1.85. The fourth-order valence-corrected chi connectivity index (χ4v) is 1.85. The molecule has 0 atom stereocenters. The van der Waals surface area contributed by atoms with Crippen LogP contribution >= 0.6 is 0 Å². The van der Waals surface area contributed by atoms with Crippen LogP contribution in [0.3, 0.4) is 0 Å². The second kappa shape index (κ2) is 8.84. The van der Waals surface area contributed by atoms with E-state index in [0.717, 1.165) is 37.4 Å². The average molecular weight is 302 g/mol. The second-order valence-electron chi connectivity index (χ2n) is 4.69. The van der Waals surface area contributed by atoms with E-state index in [-0.39, 0.29) is 0 Å². The van der Waals surface area contributed by atoms with Gasteiger partial charge in [0, 0.05) is 25.3 Å². The summed E-state index contributed by atoms with van der Waals surface area (Å²) in [7, 11) is 0. The highest BCUT2D eigenvalue weighted by Gasteiger charge is 2.05. The first-order valence-corrected chi connectivity index (χ1v) is 7.41. The number of nitrogens with zero attached hydrogens (tertiary/aromatic N) is 2. The molecular formula is C16H22N4O2. The van der Waals surface area contributed by atoms with Crippen LogP contribution in [0.5, 0.6) is 0 Å². The van der Waals surface area contributed by atoms with Crippen LogP contribution in [0, 0.1) is 0 Å². The zero-order valence-corrected chi connectivity index (χ0v) is 12.8. The highest BCUT2D eigenvalue weighted by Crippen LogP contribution is 2.18. The van der Waals surface area contributed by atoms with E-state index < -0.39 is 0 Å². The SMILES string of the molecule is CCOCCCNC(N)=NCc1coc(-c2ccccc2)n1. The number of aromatic nitrogens is 1. The Morgan fingerprint density at radius 1 is 1.36 bits per heavy atom. The average Bonchev–Trinajstić information content (AvgIpc) is 3.02. The lowest BCUT2D eigenvalue weighted by atomic mass is 10.2. The van der Waals surface area contributed by atoms with Crippen molar-refractivity contribution in [3.63, 3.8) is 0 Å². The Labute approximate surface area is 130 Å². The summed E-state index contributed by atoms with van der Waals surface area (Å²) in [5, 5.41) is 3.04. The highest BCUT2D eigenvalue weighted by atomic mass is 16.5. The number of hydrogen-bond donors (Lipinski definition) is 2. The normalized spacial score (nSPS) is 11.6. The summed E-state index contributed by atoms with van der Waals surface area (Å²) < 4.78 is 10.7. The van der Waals surface area contributed by atoms with Gasteiger partial charge in [0.1, 0.15) is 12.0 Å². The zero-order chi connectivity index (χ0) is 15.6. The molecule has 0 radical (unpaired) electrons. The smallest absolute Gasteiger partial charge is 0.226 e. The minimum atomic E-state index is 0.390. The summed E-state index contributed by atoms with van der Waals surface area (Å²) in [6.45, 7) is 4.56. The summed E-state index contributed by atoms with van der Waals surface area (Å²) in [4.78, 5) is 8.64. The topological polar surface area (TPSA) is 85.7 Å². The first-order chi connectivity index (χ1) is 10.8. The van der Waals surface area contributed by atoms with Crippen LogP contribution in [0.15, 0.2) is 46.0 Å². The lowest BCUT2D eigenvalue weighted by Crippen LogP contribution is -2.32. The Morgan fingerprint density at radius 2 is 2.18 bits per heavy atom. The number of ether oxygens (including phenoxy) is 1. The van der Waals surface area contributed by atoms with Gasteiger partial charge in [0.25, 0.3) is 0 Å². The Kier molecular flexibility index (Phi) is 6.44. The van der Waals surface area contributed by atoms with Crippen molar-refractivity contribution in [2.45, 2.75) is 19.9 Å². The predicted octanol–water partition coefficient (Wildman–Crippen LogP) is 2.17. The Hall–Kier alpha value is -2.34. The van der Waals surface area contributed by atoms with Gasteiger partial charge in [-0.15, -0.1) is 0 Å². The van der Waals surface area contributed by atoms with Crippen molar-refractivity contribution >= 4 is 5.96 Å². The number of guanidine groups is 1. The molecule has 22 heavy (non-hydrogen) atoms. The van der Waals surface area contributed by atoms with Gasteiger partial charge in [-0.2, -0.15) is 0 Å². The van der Waals surface area contributed by atoms with E-state index in [1.807, 2.05) is 37.3 Å². The molecule has 0 amide bonds. The Balaban J connectivity index is 1.79. The van der Waals surface area contributed by atoms with Crippen molar-refractivity contribution in [1.82, 2.24) is 10.3 Å². The van der Waals surface area contributed by atoms with Crippen molar-refractivity contribution in [2.24, 2.45) is 10.7 Å². The molecule has 1 aromatic carbocycles. The lowest BCUT2D eigenvalue weighted by molar-refractivity contribution is 0.145. The van der Waals surface area contributed by atoms with Crippen LogP contribution in [-0.4, -0.2) is 30.7 Å². The number of nitrogens with one attached hydrogen (secondary N) is 1.